The quantitative estimate of drug-likeness (QED) is 0.847. The maximum Gasteiger partial charge on any atom is 0.259 e. The van der Waals surface area contributed by atoms with Gasteiger partial charge in [0, 0.05) is 20.1 Å². The van der Waals surface area contributed by atoms with E-state index in [-0.39, 0.29) is 18.7 Å². The van der Waals surface area contributed by atoms with Gasteiger partial charge in [0.15, 0.2) is 0 Å². The molecule has 1 rings (SSSR count). The third-order valence-electron chi connectivity index (χ3n) is 2.31. The van der Waals surface area contributed by atoms with Crippen LogP contribution in [0.4, 0.5) is 8.78 Å². The molecule has 1 aromatic rings. The largest absolute Gasteiger partial charge is 0.340 e. The van der Waals surface area contributed by atoms with E-state index in [9.17, 15) is 13.6 Å². The number of benzene rings is 1. The van der Waals surface area contributed by atoms with Gasteiger partial charge in [0.1, 0.15) is 17.2 Å². The van der Waals surface area contributed by atoms with Crippen molar-refractivity contribution in [2.75, 3.05) is 20.1 Å². The van der Waals surface area contributed by atoms with E-state index < -0.39 is 23.1 Å². The van der Waals surface area contributed by atoms with Crippen molar-refractivity contribution >= 4 is 5.91 Å². The Hall–Kier alpha value is -1.49. The Morgan fingerprint density at radius 1 is 1.44 bits per heavy atom. The number of rotatable bonds is 3. The van der Waals surface area contributed by atoms with Gasteiger partial charge in [-0.25, -0.2) is 8.78 Å². The van der Waals surface area contributed by atoms with Crippen molar-refractivity contribution in [3.8, 4) is 0 Å². The second-order valence-electron chi connectivity index (χ2n) is 3.57. The highest BCUT2D eigenvalue weighted by molar-refractivity contribution is 5.94. The molecule has 0 saturated heterocycles. The van der Waals surface area contributed by atoms with E-state index >= 15 is 0 Å². The minimum Gasteiger partial charge on any atom is -0.340 e. The molecule has 0 aliphatic carbocycles. The molecule has 0 aliphatic rings. The maximum atomic E-state index is 13.6. The fourth-order valence-electron chi connectivity index (χ4n) is 1.34. The number of likely N-dealkylation sites (N-methyl/N-ethyl adjacent to an activating group) is 1. The molecular formula is C11H14F2N2O. The molecule has 0 radical (unpaired) electrons. The van der Waals surface area contributed by atoms with Crippen LogP contribution in [0.3, 0.4) is 0 Å². The van der Waals surface area contributed by atoms with Crippen LogP contribution < -0.4 is 5.73 Å². The zero-order valence-electron chi connectivity index (χ0n) is 9.26. The summed E-state index contributed by atoms with van der Waals surface area (Å²) in [5, 5.41) is 0. The lowest BCUT2D eigenvalue weighted by molar-refractivity contribution is 0.0789. The number of halogens is 2. The summed E-state index contributed by atoms with van der Waals surface area (Å²) >= 11 is 0. The molecule has 0 heterocycles. The average Bonchev–Trinajstić information content (AvgIpc) is 2.24. The molecule has 16 heavy (non-hydrogen) atoms. The number of amides is 1. The van der Waals surface area contributed by atoms with Crippen molar-refractivity contribution in [2.24, 2.45) is 5.73 Å². The van der Waals surface area contributed by atoms with E-state index in [1.54, 1.807) is 0 Å². The standard InChI is InChI=1S/C11H14F2N2O/c1-7-3-4-8(12)9(10(7)13)11(16)15(2)6-5-14/h3-4H,5-6,14H2,1-2H3. The Morgan fingerprint density at radius 3 is 2.62 bits per heavy atom. The van der Waals surface area contributed by atoms with Crippen LogP contribution in [-0.4, -0.2) is 30.9 Å². The molecule has 5 heteroatoms. The van der Waals surface area contributed by atoms with E-state index in [1.807, 2.05) is 0 Å². The molecule has 0 bridgehead atoms. The van der Waals surface area contributed by atoms with Gasteiger partial charge in [-0.2, -0.15) is 0 Å². The van der Waals surface area contributed by atoms with Crippen LogP contribution in [0, 0.1) is 18.6 Å². The van der Waals surface area contributed by atoms with E-state index in [4.69, 9.17) is 5.73 Å². The van der Waals surface area contributed by atoms with Gasteiger partial charge in [-0.15, -0.1) is 0 Å². The highest BCUT2D eigenvalue weighted by Gasteiger charge is 2.21. The highest BCUT2D eigenvalue weighted by Crippen LogP contribution is 2.17. The summed E-state index contributed by atoms with van der Waals surface area (Å²) < 4.78 is 27.0. The molecule has 1 aromatic carbocycles. The lowest BCUT2D eigenvalue weighted by Crippen LogP contribution is -2.33. The van der Waals surface area contributed by atoms with Crippen molar-refractivity contribution in [2.45, 2.75) is 6.92 Å². The minimum absolute atomic E-state index is 0.242. The number of hydrogen-bond acceptors (Lipinski definition) is 2. The fraction of sp³-hybridized carbons (Fsp3) is 0.364. The van der Waals surface area contributed by atoms with Crippen LogP contribution in [0.2, 0.25) is 0 Å². The van der Waals surface area contributed by atoms with Gasteiger partial charge in [-0.05, 0) is 18.6 Å². The Balaban J connectivity index is 3.12. The van der Waals surface area contributed by atoms with Gasteiger partial charge < -0.3 is 10.6 Å². The normalized spacial score (nSPS) is 10.3. The molecule has 0 unspecified atom stereocenters. The SMILES string of the molecule is Cc1ccc(F)c(C(=O)N(C)CCN)c1F. The first kappa shape index (κ1) is 12.6. The minimum atomic E-state index is -0.850. The summed E-state index contributed by atoms with van der Waals surface area (Å²) in [6.07, 6.45) is 0. The monoisotopic (exact) mass is 228 g/mol. The second kappa shape index (κ2) is 5.03. The van der Waals surface area contributed by atoms with E-state index in [0.717, 1.165) is 6.07 Å². The van der Waals surface area contributed by atoms with Gasteiger partial charge in [0.25, 0.3) is 5.91 Å². The third kappa shape index (κ3) is 2.36. The molecule has 0 aliphatic heterocycles. The average molecular weight is 228 g/mol. The first-order valence-corrected chi connectivity index (χ1v) is 4.89. The molecule has 2 N–H and O–H groups in total. The van der Waals surface area contributed by atoms with Crippen LogP contribution in [0.15, 0.2) is 12.1 Å². The van der Waals surface area contributed by atoms with Crippen LogP contribution in [-0.2, 0) is 0 Å². The Morgan fingerprint density at radius 2 is 2.06 bits per heavy atom. The van der Waals surface area contributed by atoms with E-state index in [0.29, 0.717) is 0 Å². The number of carbonyl (C=O) groups excluding carboxylic acids is 1. The maximum absolute atomic E-state index is 13.6. The molecule has 0 saturated carbocycles. The molecule has 1 amide bonds. The number of nitrogens with two attached hydrogens (primary N) is 1. The highest BCUT2D eigenvalue weighted by atomic mass is 19.1. The Bertz CT molecular complexity index is 407. The molecule has 0 fully saturated rings. The summed E-state index contributed by atoms with van der Waals surface area (Å²) in [7, 11) is 1.45. The van der Waals surface area contributed by atoms with Crippen molar-refractivity contribution < 1.29 is 13.6 Å². The first-order chi connectivity index (χ1) is 7.49. The molecular weight excluding hydrogens is 214 g/mol. The lowest BCUT2D eigenvalue weighted by Gasteiger charge is -2.17. The summed E-state index contributed by atoms with van der Waals surface area (Å²) in [6, 6.07) is 2.38. The lowest BCUT2D eigenvalue weighted by atomic mass is 10.1. The Labute approximate surface area is 92.8 Å². The molecule has 0 aromatic heterocycles. The second-order valence-corrected chi connectivity index (χ2v) is 3.57. The van der Waals surface area contributed by atoms with Gasteiger partial charge in [0.2, 0.25) is 0 Å². The van der Waals surface area contributed by atoms with Gasteiger partial charge in [-0.3, -0.25) is 4.79 Å². The first-order valence-electron chi connectivity index (χ1n) is 4.89. The number of carbonyl (C=O) groups is 1. The predicted octanol–water partition coefficient (Wildman–Crippen LogP) is 1.30. The molecule has 88 valence electrons. The van der Waals surface area contributed by atoms with Gasteiger partial charge in [-0.1, -0.05) is 6.07 Å². The fourth-order valence-corrected chi connectivity index (χ4v) is 1.34. The van der Waals surface area contributed by atoms with Crippen molar-refractivity contribution in [1.82, 2.24) is 4.90 Å². The van der Waals surface area contributed by atoms with Crippen molar-refractivity contribution in [3.05, 3.63) is 34.9 Å². The van der Waals surface area contributed by atoms with Crippen molar-refractivity contribution in [3.63, 3.8) is 0 Å². The molecule has 0 atom stereocenters. The van der Waals surface area contributed by atoms with Gasteiger partial charge in [0.05, 0.1) is 0 Å². The van der Waals surface area contributed by atoms with E-state index in [2.05, 4.69) is 0 Å². The van der Waals surface area contributed by atoms with E-state index in [1.165, 1.54) is 24.9 Å². The van der Waals surface area contributed by atoms with Gasteiger partial charge >= 0.3 is 0 Å². The molecule has 3 nitrogen and oxygen atoms in total. The topological polar surface area (TPSA) is 46.3 Å². The van der Waals surface area contributed by atoms with Crippen LogP contribution in [0.1, 0.15) is 15.9 Å². The summed E-state index contributed by atoms with van der Waals surface area (Å²) in [6.45, 7) is 1.98. The summed E-state index contributed by atoms with van der Waals surface area (Å²) in [5.41, 5.74) is 4.99. The predicted molar refractivity (Wildman–Crippen MR) is 57.1 cm³/mol. The number of aryl methyl sites for hydroxylation is 1. The third-order valence-corrected chi connectivity index (χ3v) is 2.31. The van der Waals surface area contributed by atoms with Crippen LogP contribution in [0.25, 0.3) is 0 Å². The number of nitrogens with zero attached hydrogens (tertiary/aromatic N) is 1. The van der Waals surface area contributed by atoms with Crippen molar-refractivity contribution in [1.29, 1.82) is 0 Å². The zero-order chi connectivity index (χ0) is 12.3. The van der Waals surface area contributed by atoms with Crippen LogP contribution >= 0.6 is 0 Å². The summed E-state index contributed by atoms with van der Waals surface area (Å²) in [5.74, 6) is -2.35. The molecule has 0 spiro atoms. The van der Waals surface area contributed by atoms with Crippen LogP contribution in [0.5, 0.6) is 0 Å². The number of hydrogen-bond donors (Lipinski definition) is 1. The smallest absolute Gasteiger partial charge is 0.259 e. The summed E-state index contributed by atoms with van der Waals surface area (Å²) in [4.78, 5) is 12.9. The zero-order valence-corrected chi connectivity index (χ0v) is 9.26. The Kier molecular flexibility index (Phi) is 3.95.